The van der Waals surface area contributed by atoms with E-state index in [0.717, 1.165) is 0 Å². The van der Waals surface area contributed by atoms with Crippen LogP contribution in [0.4, 0.5) is 0 Å². The van der Waals surface area contributed by atoms with Gasteiger partial charge in [0.2, 0.25) is 0 Å². The molecule has 0 aliphatic heterocycles. The second-order valence-electron chi connectivity index (χ2n) is 0.619. The summed E-state index contributed by atoms with van der Waals surface area (Å²) in [4.78, 5) is 9.23. The summed E-state index contributed by atoms with van der Waals surface area (Å²) >= 11 is 0. The minimum absolute atomic E-state index is 0.681. The van der Waals surface area contributed by atoms with Gasteiger partial charge in [0.05, 0.1) is 0 Å². The van der Waals surface area contributed by atoms with Crippen molar-refractivity contribution in [2.24, 2.45) is 0 Å². The number of hydrogen-bond donors (Lipinski definition) is 2. The molecule has 5 nitrogen and oxygen atoms in total. The summed E-state index contributed by atoms with van der Waals surface area (Å²) in [7, 11) is 1.42. The van der Waals surface area contributed by atoms with Crippen molar-refractivity contribution in [2.75, 3.05) is 7.05 Å². The Hall–Kier alpha value is -0.840. The topological polar surface area (TPSA) is 67.2 Å². The van der Waals surface area contributed by atoms with Crippen LogP contribution in [0, 0.1) is 10.1 Å². The Kier molecular flexibility index (Phi) is 2.06. The third-order valence-corrected chi connectivity index (χ3v) is 0.203. The van der Waals surface area contributed by atoms with E-state index in [9.17, 15) is 10.1 Å². The molecule has 0 amide bonds. The van der Waals surface area contributed by atoms with Crippen molar-refractivity contribution in [3.8, 4) is 0 Å². The van der Waals surface area contributed by atoms with E-state index in [1.807, 2.05) is 0 Å². The molecule has 0 unspecified atom stereocenters. The summed E-state index contributed by atoms with van der Waals surface area (Å²) in [6.45, 7) is 0. The van der Waals surface area contributed by atoms with Gasteiger partial charge in [-0.1, -0.05) is 5.53 Å². The van der Waals surface area contributed by atoms with Crippen molar-refractivity contribution < 1.29 is 5.03 Å². The van der Waals surface area contributed by atoms with Gasteiger partial charge >= 0.3 is 0 Å². The molecular weight excluding hydrogens is 86.0 g/mol. The molecule has 0 saturated heterocycles. The highest BCUT2D eigenvalue weighted by atomic mass is 16.7. The second kappa shape index (κ2) is 2.40. The Morgan fingerprint density at radius 2 is 2.33 bits per heavy atom. The zero-order chi connectivity index (χ0) is 4.99. The SMILES string of the molecule is CNN[N+](=O)[O-]. The Balaban J connectivity index is 2.83. The molecule has 0 atom stereocenters. The fourth-order valence-electron chi connectivity index (χ4n) is 0.0913. The summed E-state index contributed by atoms with van der Waals surface area (Å²) in [5, 5.41) is 8.55. The molecule has 0 rings (SSSR count). The molecule has 0 aliphatic rings. The highest BCUT2D eigenvalue weighted by Crippen LogP contribution is 1.42. The van der Waals surface area contributed by atoms with Crippen LogP contribution >= 0.6 is 0 Å². The molecule has 0 heterocycles. The summed E-state index contributed by atoms with van der Waals surface area (Å²) < 4.78 is 0. The highest BCUT2D eigenvalue weighted by molar-refractivity contribution is 3.98. The van der Waals surface area contributed by atoms with Crippen LogP contribution < -0.4 is 11.0 Å². The Labute approximate surface area is 34.4 Å². The van der Waals surface area contributed by atoms with E-state index in [0.29, 0.717) is 0 Å². The van der Waals surface area contributed by atoms with E-state index in [1.165, 1.54) is 7.05 Å². The fraction of sp³-hybridized carbons (Fsp3) is 1.00. The third-order valence-electron chi connectivity index (χ3n) is 0.203. The molecule has 0 radical (unpaired) electrons. The normalized spacial score (nSPS) is 7.50. The third kappa shape index (κ3) is 3.16. The first-order valence-corrected chi connectivity index (χ1v) is 1.34. The van der Waals surface area contributed by atoms with Gasteiger partial charge < -0.3 is 0 Å². The molecule has 0 aromatic carbocycles. The largest absolute Gasteiger partial charge is 0.234 e. The van der Waals surface area contributed by atoms with Gasteiger partial charge in [0.25, 0.3) is 0 Å². The van der Waals surface area contributed by atoms with Crippen LogP contribution in [0.2, 0.25) is 0 Å². The maximum absolute atomic E-state index is 9.23. The van der Waals surface area contributed by atoms with Gasteiger partial charge in [0.15, 0.2) is 5.03 Å². The van der Waals surface area contributed by atoms with Crippen molar-refractivity contribution in [1.82, 2.24) is 11.0 Å². The van der Waals surface area contributed by atoms with Crippen molar-refractivity contribution in [2.45, 2.75) is 0 Å². The van der Waals surface area contributed by atoms with Crippen LogP contribution in [0.25, 0.3) is 0 Å². The van der Waals surface area contributed by atoms with Crippen LogP contribution in [0.5, 0.6) is 0 Å². The van der Waals surface area contributed by atoms with E-state index in [-0.39, 0.29) is 0 Å². The summed E-state index contributed by atoms with van der Waals surface area (Å²) in [6, 6.07) is 0. The van der Waals surface area contributed by atoms with E-state index >= 15 is 0 Å². The molecular formula is CH5N3O2. The number of nitro groups is 1. The first kappa shape index (κ1) is 5.16. The minimum atomic E-state index is -0.681. The van der Waals surface area contributed by atoms with Crippen LogP contribution in [-0.4, -0.2) is 12.1 Å². The van der Waals surface area contributed by atoms with Crippen molar-refractivity contribution >= 4 is 0 Å². The fourth-order valence-corrected chi connectivity index (χ4v) is 0.0913. The lowest BCUT2D eigenvalue weighted by Gasteiger charge is -1.85. The number of nitrogens with one attached hydrogen (secondary N) is 2. The van der Waals surface area contributed by atoms with Gasteiger partial charge in [-0.15, -0.1) is 0 Å². The Morgan fingerprint density at radius 3 is 2.33 bits per heavy atom. The zero-order valence-electron chi connectivity index (χ0n) is 3.26. The molecule has 0 saturated carbocycles. The van der Waals surface area contributed by atoms with Gasteiger partial charge in [-0.2, -0.15) is 5.43 Å². The van der Waals surface area contributed by atoms with Crippen molar-refractivity contribution in [3.05, 3.63) is 10.1 Å². The van der Waals surface area contributed by atoms with Gasteiger partial charge in [0, 0.05) is 7.05 Å². The molecule has 0 aromatic rings. The Bertz CT molecular complexity index is 52.8. The molecule has 0 bridgehead atoms. The number of hydrogen-bond acceptors (Lipinski definition) is 3. The number of nitrogens with zero attached hydrogens (tertiary/aromatic N) is 1. The predicted octanol–water partition coefficient (Wildman–Crippen LogP) is -1.10. The average Bonchev–Trinajstić information content (AvgIpc) is 1.35. The van der Waals surface area contributed by atoms with Crippen LogP contribution in [0.3, 0.4) is 0 Å². The lowest BCUT2D eigenvalue weighted by molar-refractivity contribution is -0.554. The van der Waals surface area contributed by atoms with Crippen molar-refractivity contribution in [1.29, 1.82) is 0 Å². The van der Waals surface area contributed by atoms with Crippen LogP contribution in [0.1, 0.15) is 0 Å². The maximum Gasteiger partial charge on any atom is 0.173 e. The molecule has 0 fully saturated rings. The predicted molar refractivity (Wildman–Crippen MR) is 19.2 cm³/mol. The molecule has 0 aliphatic carbocycles. The average molecular weight is 91.1 g/mol. The van der Waals surface area contributed by atoms with E-state index in [2.05, 4.69) is 5.43 Å². The molecule has 0 aromatic heterocycles. The van der Waals surface area contributed by atoms with Gasteiger partial charge in [-0.25, -0.2) is 10.1 Å². The lowest BCUT2D eigenvalue weighted by atomic mass is 11.5. The smallest absolute Gasteiger partial charge is 0.173 e. The Morgan fingerprint density at radius 1 is 1.83 bits per heavy atom. The highest BCUT2D eigenvalue weighted by Gasteiger charge is 1.79. The van der Waals surface area contributed by atoms with Crippen LogP contribution in [0.15, 0.2) is 0 Å². The molecule has 2 N–H and O–H groups in total. The summed E-state index contributed by atoms with van der Waals surface area (Å²) in [5.41, 5.74) is 3.80. The minimum Gasteiger partial charge on any atom is -0.234 e. The van der Waals surface area contributed by atoms with E-state index < -0.39 is 5.03 Å². The quantitative estimate of drug-likeness (QED) is 0.334. The maximum atomic E-state index is 9.23. The molecule has 5 heteroatoms. The first-order chi connectivity index (χ1) is 2.77. The van der Waals surface area contributed by atoms with Gasteiger partial charge in [-0.3, -0.25) is 0 Å². The van der Waals surface area contributed by atoms with E-state index in [4.69, 9.17) is 0 Å². The summed E-state index contributed by atoms with van der Waals surface area (Å²) in [5.74, 6) is 0. The number of hydrazine groups is 2. The number of rotatable bonds is 2. The second-order valence-corrected chi connectivity index (χ2v) is 0.619. The van der Waals surface area contributed by atoms with E-state index in [1.54, 1.807) is 5.53 Å². The molecule has 6 heavy (non-hydrogen) atoms. The lowest BCUT2D eigenvalue weighted by Crippen LogP contribution is -2.32. The molecule has 36 valence electrons. The summed E-state index contributed by atoms with van der Waals surface area (Å²) in [6.07, 6.45) is 0. The zero-order valence-corrected chi connectivity index (χ0v) is 3.26. The van der Waals surface area contributed by atoms with Gasteiger partial charge in [-0.05, 0) is 0 Å². The monoisotopic (exact) mass is 91.0 g/mol. The van der Waals surface area contributed by atoms with Crippen molar-refractivity contribution in [3.63, 3.8) is 0 Å². The van der Waals surface area contributed by atoms with Gasteiger partial charge in [0.1, 0.15) is 0 Å². The standard InChI is InChI=1S/CH5N3O2/c1-2-3-4(5)6/h2-3H,1H3. The first-order valence-electron chi connectivity index (χ1n) is 1.34. The molecule has 0 spiro atoms. The van der Waals surface area contributed by atoms with Crippen LogP contribution in [-0.2, 0) is 0 Å².